The third-order valence-corrected chi connectivity index (χ3v) is 5.37. The molecule has 0 bridgehead atoms. The first-order chi connectivity index (χ1) is 10.6. The molecule has 0 saturated carbocycles. The molecule has 0 aliphatic carbocycles. The van der Waals surface area contributed by atoms with Crippen molar-refractivity contribution in [3.63, 3.8) is 0 Å². The Balaban J connectivity index is 2.34. The highest BCUT2D eigenvalue weighted by molar-refractivity contribution is 7.92. The first-order valence-corrected chi connectivity index (χ1v) is 9.04. The van der Waals surface area contributed by atoms with Gasteiger partial charge in [-0.25, -0.2) is 0 Å². The second kappa shape index (κ2) is 7.42. The lowest BCUT2D eigenvalue weighted by Crippen LogP contribution is -2.02. The summed E-state index contributed by atoms with van der Waals surface area (Å²) in [4.78, 5) is 0. The van der Waals surface area contributed by atoms with Gasteiger partial charge in [-0.3, -0.25) is 0 Å². The average Bonchev–Trinajstić information content (AvgIpc) is 3.06. The second-order valence-electron chi connectivity index (χ2n) is 4.37. The molecule has 0 spiro atoms. The van der Waals surface area contributed by atoms with Crippen molar-refractivity contribution < 1.29 is 17.9 Å². The zero-order valence-electron chi connectivity index (χ0n) is 12.4. The highest BCUT2D eigenvalue weighted by atomic mass is 32.2. The average molecular weight is 339 g/mol. The summed E-state index contributed by atoms with van der Waals surface area (Å²) in [6.45, 7) is 2.50. The van der Waals surface area contributed by atoms with E-state index in [1.165, 1.54) is 19.4 Å². The first-order valence-electron chi connectivity index (χ1n) is 6.72. The van der Waals surface area contributed by atoms with Crippen LogP contribution in [0.25, 0.3) is 0 Å². The summed E-state index contributed by atoms with van der Waals surface area (Å²) in [5, 5.41) is 1.70. The number of benzene rings is 1. The molecule has 0 saturated heterocycles. The van der Waals surface area contributed by atoms with Crippen LogP contribution in [-0.4, -0.2) is 28.3 Å². The fraction of sp³-hybridized carbons (Fsp3) is 0.267. The first kappa shape index (κ1) is 16.5. The highest BCUT2D eigenvalue weighted by Gasteiger charge is 2.14. The third kappa shape index (κ3) is 3.86. The van der Waals surface area contributed by atoms with Gasteiger partial charge in [0.05, 0.1) is 19.9 Å². The fourth-order valence-electron chi connectivity index (χ4n) is 1.74. The molecule has 0 radical (unpaired) electrons. The molecule has 0 unspecified atom stereocenters. The zero-order valence-corrected chi connectivity index (χ0v) is 14.0. The number of hydrogen-bond donors (Lipinski definition) is 0. The van der Waals surface area contributed by atoms with Gasteiger partial charge >= 0.3 is 0 Å². The van der Waals surface area contributed by atoms with Crippen LogP contribution in [0.3, 0.4) is 0 Å². The minimum absolute atomic E-state index is 0.211. The number of sulfonamides is 1. The van der Waals surface area contributed by atoms with E-state index in [0.717, 1.165) is 17.8 Å². The van der Waals surface area contributed by atoms with Gasteiger partial charge in [0.1, 0.15) is 4.21 Å². The number of para-hydroxylation sites is 1. The Kier molecular flexibility index (Phi) is 5.57. The van der Waals surface area contributed by atoms with Crippen LogP contribution in [0.2, 0.25) is 0 Å². The lowest BCUT2D eigenvalue weighted by molar-refractivity contribution is 0.294. The van der Waals surface area contributed by atoms with E-state index in [-0.39, 0.29) is 4.21 Å². The second-order valence-corrected chi connectivity index (χ2v) is 7.18. The van der Waals surface area contributed by atoms with Crippen LogP contribution in [0.5, 0.6) is 11.5 Å². The highest BCUT2D eigenvalue weighted by Crippen LogP contribution is 2.30. The van der Waals surface area contributed by atoms with E-state index in [0.29, 0.717) is 23.7 Å². The van der Waals surface area contributed by atoms with Gasteiger partial charge in [-0.2, -0.15) is 12.8 Å². The van der Waals surface area contributed by atoms with Gasteiger partial charge in [0.2, 0.25) is 0 Å². The molecule has 0 aliphatic heterocycles. The summed E-state index contributed by atoms with van der Waals surface area (Å²) in [5.74, 6) is 1.04. The standard InChI is InChI=1S/C15H17NO4S2/c1-3-9-20-15-12(6-4-7-13(15)19-2)11-16-22(17,18)14-8-5-10-21-14/h4-8,10-11H,3,9H2,1-2H3/b16-11-. The van der Waals surface area contributed by atoms with Crippen LogP contribution in [0.15, 0.2) is 44.3 Å². The maximum atomic E-state index is 12.1. The monoisotopic (exact) mass is 339 g/mol. The van der Waals surface area contributed by atoms with Gasteiger partial charge in [0.25, 0.3) is 10.0 Å². The van der Waals surface area contributed by atoms with Crippen LogP contribution < -0.4 is 9.47 Å². The Labute approximate surface area is 134 Å². The van der Waals surface area contributed by atoms with Gasteiger partial charge in [-0.05, 0) is 30.0 Å². The number of methoxy groups -OCH3 is 1. The molecule has 5 nitrogen and oxygen atoms in total. The predicted molar refractivity (Wildman–Crippen MR) is 87.9 cm³/mol. The molecule has 2 aromatic rings. The maximum Gasteiger partial charge on any atom is 0.291 e. The summed E-state index contributed by atoms with van der Waals surface area (Å²) in [6, 6.07) is 8.46. The molecule has 1 heterocycles. The van der Waals surface area contributed by atoms with E-state index >= 15 is 0 Å². The van der Waals surface area contributed by atoms with Crippen LogP contribution in [0, 0.1) is 0 Å². The molecule has 2 rings (SSSR count). The van der Waals surface area contributed by atoms with Crippen molar-refractivity contribution in [2.75, 3.05) is 13.7 Å². The number of ether oxygens (including phenoxy) is 2. The van der Waals surface area contributed by atoms with Gasteiger partial charge in [-0.1, -0.05) is 19.1 Å². The largest absolute Gasteiger partial charge is 0.493 e. The molecule has 1 aromatic carbocycles. The van der Waals surface area contributed by atoms with Gasteiger partial charge in [-0.15, -0.1) is 11.3 Å². The van der Waals surface area contributed by atoms with Gasteiger partial charge in [0.15, 0.2) is 11.5 Å². The summed E-state index contributed by atoms with van der Waals surface area (Å²) in [5.41, 5.74) is 0.563. The predicted octanol–water partition coefficient (Wildman–Crippen LogP) is 3.35. The number of rotatable bonds is 7. The van der Waals surface area contributed by atoms with E-state index in [2.05, 4.69) is 4.40 Å². The summed E-state index contributed by atoms with van der Waals surface area (Å²) in [6.07, 6.45) is 2.13. The topological polar surface area (TPSA) is 65.0 Å². The molecule has 7 heteroatoms. The van der Waals surface area contributed by atoms with E-state index < -0.39 is 10.0 Å². The Morgan fingerprint density at radius 2 is 2.09 bits per heavy atom. The van der Waals surface area contributed by atoms with Crippen molar-refractivity contribution >= 4 is 27.6 Å². The lowest BCUT2D eigenvalue weighted by atomic mass is 10.2. The third-order valence-electron chi connectivity index (χ3n) is 2.76. The quantitative estimate of drug-likeness (QED) is 0.726. The van der Waals surface area contributed by atoms with Crippen molar-refractivity contribution in [2.45, 2.75) is 17.6 Å². The molecule has 0 aliphatic rings. The van der Waals surface area contributed by atoms with Crippen LogP contribution >= 0.6 is 11.3 Å². The fourth-order valence-corrected chi connectivity index (χ4v) is 3.58. The molecule has 1 aromatic heterocycles. The van der Waals surface area contributed by atoms with Crippen LogP contribution in [-0.2, 0) is 10.0 Å². The van der Waals surface area contributed by atoms with E-state index in [1.807, 2.05) is 6.92 Å². The summed E-state index contributed by atoms with van der Waals surface area (Å²) >= 11 is 1.13. The maximum absolute atomic E-state index is 12.1. The lowest BCUT2D eigenvalue weighted by Gasteiger charge is -2.12. The summed E-state index contributed by atoms with van der Waals surface area (Å²) in [7, 11) is -2.14. The van der Waals surface area contributed by atoms with Crippen LogP contribution in [0.1, 0.15) is 18.9 Å². The number of hydrogen-bond acceptors (Lipinski definition) is 5. The molecule has 22 heavy (non-hydrogen) atoms. The normalized spacial score (nSPS) is 11.7. The molecular weight excluding hydrogens is 322 g/mol. The van der Waals surface area contributed by atoms with Crippen molar-refractivity contribution in [3.05, 3.63) is 41.3 Å². The van der Waals surface area contributed by atoms with Crippen molar-refractivity contribution in [1.29, 1.82) is 0 Å². The van der Waals surface area contributed by atoms with Gasteiger partial charge in [0, 0.05) is 5.56 Å². The molecule has 0 atom stereocenters. The minimum atomic E-state index is -3.68. The SMILES string of the molecule is CCCOc1c(/C=N\S(=O)(=O)c2cccs2)cccc1OC. The van der Waals surface area contributed by atoms with E-state index in [1.54, 1.807) is 29.6 Å². The van der Waals surface area contributed by atoms with Crippen LogP contribution in [0.4, 0.5) is 0 Å². The Morgan fingerprint density at radius 3 is 2.73 bits per heavy atom. The molecule has 0 fully saturated rings. The van der Waals surface area contributed by atoms with Crippen molar-refractivity contribution in [1.82, 2.24) is 0 Å². The molecule has 0 amide bonds. The zero-order chi connectivity index (χ0) is 16.0. The Hall–Kier alpha value is -1.86. The number of thiophene rings is 1. The summed E-state index contributed by atoms with van der Waals surface area (Å²) < 4.78 is 39.0. The number of nitrogens with zero attached hydrogens (tertiary/aromatic N) is 1. The smallest absolute Gasteiger partial charge is 0.291 e. The Bertz CT molecular complexity index is 737. The Morgan fingerprint density at radius 1 is 1.27 bits per heavy atom. The molecule has 118 valence electrons. The van der Waals surface area contributed by atoms with E-state index in [4.69, 9.17) is 9.47 Å². The van der Waals surface area contributed by atoms with Crippen molar-refractivity contribution in [2.24, 2.45) is 4.40 Å². The minimum Gasteiger partial charge on any atom is -0.493 e. The molecule has 0 N–H and O–H groups in total. The van der Waals surface area contributed by atoms with Crippen molar-refractivity contribution in [3.8, 4) is 11.5 Å². The van der Waals surface area contributed by atoms with Gasteiger partial charge < -0.3 is 9.47 Å². The molecular formula is C15H17NO4S2. The van der Waals surface area contributed by atoms with E-state index in [9.17, 15) is 8.42 Å².